The van der Waals surface area contributed by atoms with Gasteiger partial charge in [-0.2, -0.15) is 0 Å². The van der Waals surface area contributed by atoms with Gasteiger partial charge in [-0.1, -0.05) is 43.5 Å². The number of hydrogen-bond acceptors (Lipinski definition) is 5. The lowest BCUT2D eigenvalue weighted by Crippen LogP contribution is -2.09. The highest BCUT2D eigenvalue weighted by Crippen LogP contribution is 2.27. The van der Waals surface area contributed by atoms with Gasteiger partial charge in [0.05, 0.1) is 23.7 Å². The maximum atomic E-state index is 13.9. The van der Waals surface area contributed by atoms with Crippen molar-refractivity contribution in [3.05, 3.63) is 80.0 Å². The number of rotatable bonds is 4. The minimum absolute atomic E-state index is 0.179. The van der Waals surface area contributed by atoms with Crippen LogP contribution in [0.4, 0.5) is 25.8 Å². The number of pyridine rings is 1. The highest BCUT2D eigenvalue weighted by molar-refractivity contribution is 9.10. The first-order valence-electron chi connectivity index (χ1n) is 8.46. The zero-order valence-electron chi connectivity index (χ0n) is 15.6. The second-order valence-electron chi connectivity index (χ2n) is 5.69. The van der Waals surface area contributed by atoms with Gasteiger partial charge in [-0.05, 0) is 49.4 Å². The van der Waals surface area contributed by atoms with Crippen LogP contribution >= 0.6 is 43.5 Å². The lowest BCUT2D eigenvalue weighted by Gasteiger charge is -2.12. The van der Waals surface area contributed by atoms with E-state index in [0.29, 0.717) is 14.6 Å². The van der Waals surface area contributed by atoms with Crippen LogP contribution in [0, 0.1) is 11.6 Å². The second-order valence-corrected chi connectivity index (χ2v) is 7.91. The maximum Gasteiger partial charge on any atom is 0.341 e. The van der Waals surface area contributed by atoms with E-state index in [1.807, 2.05) is 0 Å². The highest BCUT2D eigenvalue weighted by atomic mass is 79.9. The van der Waals surface area contributed by atoms with Crippen LogP contribution in [0.15, 0.2) is 57.6 Å². The zero-order chi connectivity index (χ0) is 22.3. The van der Waals surface area contributed by atoms with Gasteiger partial charge in [0.15, 0.2) is 0 Å². The topological polar surface area (TPSA) is 77.2 Å². The van der Waals surface area contributed by atoms with E-state index < -0.39 is 11.8 Å². The summed E-state index contributed by atoms with van der Waals surface area (Å²) in [6.07, 6.45) is 1.29. The van der Waals surface area contributed by atoms with E-state index in [1.54, 1.807) is 25.1 Å². The van der Waals surface area contributed by atoms with E-state index in [2.05, 4.69) is 42.2 Å². The molecule has 0 bridgehead atoms. The van der Waals surface area contributed by atoms with Crippen LogP contribution in [0.5, 0.6) is 0 Å². The summed E-state index contributed by atoms with van der Waals surface area (Å²) in [5.74, 6) is -1.40. The zero-order valence-corrected chi connectivity index (χ0v) is 19.5. The third-order valence-electron chi connectivity index (χ3n) is 3.53. The number of nitrogens with one attached hydrogen (secondary N) is 1. The number of benzene rings is 2. The number of nitrogens with zero attached hydrogens (tertiary/aromatic N) is 1. The molecule has 1 aromatic heterocycles. The van der Waals surface area contributed by atoms with Crippen LogP contribution in [0.2, 0.25) is 5.15 Å². The number of esters is 1. The summed E-state index contributed by atoms with van der Waals surface area (Å²) in [5.41, 5.74) is 6.10. The summed E-state index contributed by atoms with van der Waals surface area (Å²) >= 11 is 12.1. The predicted octanol–water partition coefficient (Wildman–Crippen LogP) is 6.73. The minimum Gasteiger partial charge on any atom is -0.462 e. The Morgan fingerprint density at radius 1 is 1.10 bits per heavy atom. The number of ether oxygens (including phenoxy) is 1. The molecule has 0 unspecified atom stereocenters. The molecule has 0 aliphatic heterocycles. The van der Waals surface area contributed by atoms with E-state index >= 15 is 0 Å². The van der Waals surface area contributed by atoms with Crippen LogP contribution in [0.25, 0.3) is 0 Å². The van der Waals surface area contributed by atoms with Crippen LogP contribution in [-0.2, 0) is 4.74 Å². The first kappa shape index (κ1) is 24.0. The fourth-order valence-electron chi connectivity index (χ4n) is 2.14. The van der Waals surface area contributed by atoms with Gasteiger partial charge in [-0.25, -0.2) is 18.6 Å². The van der Waals surface area contributed by atoms with Crippen molar-refractivity contribution >= 4 is 66.5 Å². The predicted molar refractivity (Wildman–Crippen MR) is 121 cm³/mol. The molecule has 3 rings (SSSR count). The maximum absolute atomic E-state index is 13.9. The number of aromatic nitrogens is 1. The molecular formula is C20H16Br2ClF2N3O2. The lowest BCUT2D eigenvalue weighted by atomic mass is 10.2. The molecule has 0 atom stereocenters. The van der Waals surface area contributed by atoms with Gasteiger partial charge in [0, 0.05) is 15.1 Å². The molecule has 0 amide bonds. The average molecular weight is 564 g/mol. The Bertz CT molecular complexity index is 1050. The van der Waals surface area contributed by atoms with Crippen molar-refractivity contribution in [2.24, 2.45) is 0 Å². The molecule has 0 radical (unpaired) electrons. The molecule has 0 fully saturated rings. The van der Waals surface area contributed by atoms with Crippen LogP contribution in [0.3, 0.4) is 0 Å². The smallest absolute Gasteiger partial charge is 0.341 e. The Morgan fingerprint density at radius 3 is 2.30 bits per heavy atom. The molecule has 10 heteroatoms. The number of carbonyl (C=O) groups is 1. The molecule has 0 saturated heterocycles. The van der Waals surface area contributed by atoms with Crippen molar-refractivity contribution in [3.63, 3.8) is 0 Å². The Kier molecular flexibility index (Phi) is 9.01. The van der Waals surface area contributed by atoms with Crippen LogP contribution in [0.1, 0.15) is 17.3 Å². The third kappa shape index (κ3) is 6.93. The van der Waals surface area contributed by atoms with Gasteiger partial charge in [-0.3, -0.25) is 0 Å². The Hall–Kier alpha value is -2.23. The van der Waals surface area contributed by atoms with Gasteiger partial charge in [0.1, 0.15) is 22.4 Å². The summed E-state index contributed by atoms with van der Waals surface area (Å²) in [6.45, 7) is 1.93. The molecule has 3 aromatic rings. The Morgan fingerprint density at radius 2 is 1.73 bits per heavy atom. The van der Waals surface area contributed by atoms with Crippen LogP contribution < -0.4 is 11.1 Å². The summed E-state index contributed by atoms with van der Waals surface area (Å²) in [4.78, 5) is 15.7. The normalized spacial score (nSPS) is 10.1. The molecule has 5 nitrogen and oxygen atoms in total. The summed E-state index contributed by atoms with van der Waals surface area (Å²) < 4.78 is 32.5. The largest absolute Gasteiger partial charge is 0.462 e. The van der Waals surface area contributed by atoms with Gasteiger partial charge < -0.3 is 15.8 Å². The second kappa shape index (κ2) is 11.2. The van der Waals surface area contributed by atoms with Gasteiger partial charge in [0.2, 0.25) is 0 Å². The highest BCUT2D eigenvalue weighted by Gasteiger charge is 2.15. The first-order valence-corrected chi connectivity index (χ1v) is 10.4. The van der Waals surface area contributed by atoms with Gasteiger partial charge >= 0.3 is 5.97 Å². The fraction of sp³-hybridized carbons (Fsp3) is 0.100. The molecule has 0 aliphatic rings. The summed E-state index contributed by atoms with van der Waals surface area (Å²) in [6, 6.07) is 10.5. The average Bonchev–Trinajstić information content (AvgIpc) is 2.68. The number of nitrogen functional groups attached to an aromatic ring is 1. The molecular weight excluding hydrogens is 547 g/mol. The summed E-state index contributed by atoms with van der Waals surface area (Å²) in [5, 5.41) is 3.01. The van der Waals surface area contributed by atoms with E-state index in [4.69, 9.17) is 22.1 Å². The fourth-order valence-corrected chi connectivity index (χ4v) is 2.97. The molecule has 0 aliphatic carbocycles. The quantitative estimate of drug-likeness (QED) is 0.209. The van der Waals surface area contributed by atoms with Gasteiger partial charge in [-0.15, -0.1) is 0 Å². The van der Waals surface area contributed by atoms with Crippen LogP contribution in [-0.4, -0.2) is 17.6 Å². The minimum atomic E-state index is -0.554. The number of nitrogens with two attached hydrogens (primary N) is 1. The third-order valence-corrected chi connectivity index (χ3v) is 4.72. The standard InChI is InChI=1S/C14H11BrClFN2O2.C6H5BrFN/c1-2-21-14(20)9-7-18-13(16)6-12(9)19-11-4-3-8(15)5-10(11)17;7-4-1-2-6(9)5(8)3-4/h3-7H,2H2,1H3,(H,18,19);1-3H,9H2. The van der Waals surface area contributed by atoms with E-state index in [0.717, 1.165) is 0 Å². The van der Waals surface area contributed by atoms with Crippen molar-refractivity contribution in [1.29, 1.82) is 0 Å². The SMILES string of the molecule is CCOC(=O)c1cnc(Cl)cc1Nc1ccc(Br)cc1F.Nc1ccc(Br)cc1F. The van der Waals surface area contributed by atoms with Crippen molar-refractivity contribution < 1.29 is 18.3 Å². The number of halogens is 5. The Balaban J connectivity index is 0.000000297. The number of carbonyl (C=O) groups excluding carboxylic acids is 1. The van der Waals surface area contributed by atoms with Crippen molar-refractivity contribution in [3.8, 4) is 0 Å². The van der Waals surface area contributed by atoms with Crippen molar-refractivity contribution in [2.75, 3.05) is 17.7 Å². The monoisotopic (exact) mass is 561 g/mol. The Labute approximate surface area is 193 Å². The van der Waals surface area contributed by atoms with Crippen molar-refractivity contribution in [2.45, 2.75) is 6.92 Å². The van der Waals surface area contributed by atoms with E-state index in [-0.39, 0.29) is 34.5 Å². The molecule has 0 saturated carbocycles. The van der Waals surface area contributed by atoms with E-state index in [9.17, 15) is 13.6 Å². The number of anilines is 3. The molecule has 0 spiro atoms. The lowest BCUT2D eigenvalue weighted by molar-refractivity contribution is 0.0527. The number of hydrogen-bond donors (Lipinski definition) is 2. The molecule has 2 aromatic carbocycles. The van der Waals surface area contributed by atoms with Gasteiger partial charge in [0.25, 0.3) is 0 Å². The molecule has 30 heavy (non-hydrogen) atoms. The molecule has 3 N–H and O–H groups in total. The van der Waals surface area contributed by atoms with Crippen molar-refractivity contribution in [1.82, 2.24) is 4.98 Å². The molecule has 1 heterocycles. The van der Waals surface area contributed by atoms with E-state index in [1.165, 1.54) is 30.5 Å². The summed E-state index contributed by atoms with van der Waals surface area (Å²) in [7, 11) is 0. The first-order chi connectivity index (χ1) is 14.2. The molecule has 158 valence electrons.